The molecular formula is C15H20O3. The monoisotopic (exact) mass is 248 g/mol. The minimum atomic E-state index is -0.812. The lowest BCUT2D eigenvalue weighted by atomic mass is 10.1. The molecule has 1 aliphatic heterocycles. The summed E-state index contributed by atoms with van der Waals surface area (Å²) >= 11 is 0. The molecule has 98 valence electrons. The van der Waals surface area contributed by atoms with Crippen molar-refractivity contribution in [2.75, 3.05) is 0 Å². The highest BCUT2D eigenvalue weighted by atomic mass is 16.7. The first kappa shape index (κ1) is 14.8. The molecule has 0 aromatic heterocycles. The van der Waals surface area contributed by atoms with E-state index in [1.54, 1.807) is 0 Å². The normalized spacial score (nSPS) is 26.4. The van der Waals surface area contributed by atoms with E-state index in [1.165, 1.54) is 6.08 Å². The van der Waals surface area contributed by atoms with E-state index in [2.05, 4.69) is 37.2 Å². The minimum absolute atomic E-state index is 0.0105. The van der Waals surface area contributed by atoms with Crippen molar-refractivity contribution in [1.29, 1.82) is 0 Å². The molecule has 3 unspecified atom stereocenters. The summed E-state index contributed by atoms with van der Waals surface area (Å²) in [5.74, 6) is 10.2. The molecule has 1 aliphatic rings. The fourth-order valence-corrected chi connectivity index (χ4v) is 1.79. The van der Waals surface area contributed by atoms with Gasteiger partial charge in [0.25, 0.3) is 0 Å². The van der Waals surface area contributed by atoms with E-state index in [0.29, 0.717) is 6.42 Å². The molecule has 0 saturated carbocycles. The molecule has 1 fully saturated rings. The Balaban J connectivity index is 2.50. The molecule has 3 heteroatoms. The summed E-state index contributed by atoms with van der Waals surface area (Å²) in [6, 6.07) is 0. The fourth-order valence-electron chi connectivity index (χ4n) is 1.79. The zero-order chi connectivity index (χ0) is 13.6. The number of hydrogen-bond donors (Lipinski definition) is 1. The van der Waals surface area contributed by atoms with E-state index in [9.17, 15) is 0 Å². The second-order valence-corrected chi connectivity index (χ2v) is 4.58. The van der Waals surface area contributed by atoms with Gasteiger partial charge in [-0.05, 0) is 32.1 Å². The van der Waals surface area contributed by atoms with E-state index >= 15 is 0 Å². The van der Waals surface area contributed by atoms with Gasteiger partial charge in [0.05, 0.1) is 12.2 Å². The Bertz CT molecular complexity index is 403. The third kappa shape index (κ3) is 4.55. The van der Waals surface area contributed by atoms with Crippen molar-refractivity contribution in [3.05, 3.63) is 12.7 Å². The van der Waals surface area contributed by atoms with Crippen LogP contribution >= 0.6 is 0 Å². The van der Waals surface area contributed by atoms with Gasteiger partial charge in [0, 0.05) is 6.42 Å². The molecule has 3 nitrogen and oxygen atoms in total. The van der Waals surface area contributed by atoms with E-state index in [1.807, 2.05) is 13.8 Å². The van der Waals surface area contributed by atoms with Crippen molar-refractivity contribution in [2.45, 2.75) is 57.7 Å². The zero-order valence-corrected chi connectivity index (χ0v) is 11.2. The molecule has 1 N–H and O–H groups in total. The maximum atomic E-state index is 9.11. The molecule has 0 amide bonds. The van der Waals surface area contributed by atoms with Crippen molar-refractivity contribution < 1.29 is 14.6 Å². The Labute approximate surface area is 109 Å². The molecule has 0 aliphatic carbocycles. The van der Waals surface area contributed by atoms with Crippen LogP contribution in [0.15, 0.2) is 12.7 Å². The number of rotatable bonds is 3. The molecular weight excluding hydrogens is 228 g/mol. The molecule has 1 heterocycles. The smallest absolute Gasteiger partial charge is 0.163 e. The second kappa shape index (κ2) is 6.61. The molecule has 18 heavy (non-hydrogen) atoms. The molecule has 1 rings (SSSR count). The quantitative estimate of drug-likeness (QED) is 0.612. The van der Waals surface area contributed by atoms with E-state index in [0.717, 1.165) is 6.42 Å². The molecule has 0 spiro atoms. The Morgan fingerprint density at radius 2 is 2.00 bits per heavy atom. The third-order valence-electron chi connectivity index (χ3n) is 2.58. The summed E-state index contributed by atoms with van der Waals surface area (Å²) in [6.45, 7) is 9.30. The summed E-state index contributed by atoms with van der Waals surface area (Å²) in [4.78, 5) is 0. The standard InChI is InChI=1S/C15H20O3/c1-5-12(16)10-8-7-9-11-14-13(6-2)17-15(3,4)18-14/h5,12-14,16H,1,6,11H2,2-4H3. The van der Waals surface area contributed by atoms with Crippen LogP contribution in [0.1, 0.15) is 33.6 Å². The highest BCUT2D eigenvalue weighted by Crippen LogP contribution is 2.31. The molecule has 0 bridgehead atoms. The number of aliphatic hydroxyl groups is 1. The van der Waals surface area contributed by atoms with Gasteiger partial charge >= 0.3 is 0 Å². The lowest BCUT2D eigenvalue weighted by Crippen LogP contribution is -2.21. The van der Waals surface area contributed by atoms with Gasteiger partial charge < -0.3 is 14.6 Å². The first-order valence-electron chi connectivity index (χ1n) is 6.13. The van der Waals surface area contributed by atoms with Gasteiger partial charge in [-0.15, -0.1) is 0 Å². The maximum Gasteiger partial charge on any atom is 0.163 e. The van der Waals surface area contributed by atoms with Gasteiger partial charge in [-0.1, -0.05) is 31.4 Å². The zero-order valence-electron chi connectivity index (χ0n) is 11.2. The van der Waals surface area contributed by atoms with Gasteiger partial charge in [-0.2, -0.15) is 0 Å². The maximum absolute atomic E-state index is 9.11. The van der Waals surface area contributed by atoms with Crippen LogP contribution in [0.5, 0.6) is 0 Å². The Kier molecular flexibility index (Phi) is 5.44. The van der Waals surface area contributed by atoms with Crippen molar-refractivity contribution in [3.63, 3.8) is 0 Å². The minimum Gasteiger partial charge on any atom is -0.377 e. The lowest BCUT2D eigenvalue weighted by molar-refractivity contribution is -0.145. The van der Waals surface area contributed by atoms with Crippen LogP contribution in [0, 0.1) is 23.7 Å². The Morgan fingerprint density at radius 1 is 1.33 bits per heavy atom. The molecule has 1 saturated heterocycles. The van der Waals surface area contributed by atoms with Crippen molar-refractivity contribution >= 4 is 0 Å². The highest BCUT2D eigenvalue weighted by Gasteiger charge is 2.39. The summed E-state index contributed by atoms with van der Waals surface area (Å²) in [5, 5.41) is 9.11. The molecule has 0 aromatic carbocycles. The topological polar surface area (TPSA) is 38.7 Å². The van der Waals surface area contributed by atoms with Crippen molar-refractivity contribution in [2.24, 2.45) is 0 Å². The van der Waals surface area contributed by atoms with E-state index < -0.39 is 11.9 Å². The van der Waals surface area contributed by atoms with E-state index in [-0.39, 0.29) is 12.2 Å². The molecule has 0 radical (unpaired) electrons. The van der Waals surface area contributed by atoms with Crippen LogP contribution < -0.4 is 0 Å². The van der Waals surface area contributed by atoms with E-state index in [4.69, 9.17) is 14.6 Å². The van der Waals surface area contributed by atoms with Gasteiger partial charge in [0.15, 0.2) is 5.79 Å². The number of aliphatic hydroxyl groups excluding tert-OH is 1. The van der Waals surface area contributed by atoms with Crippen molar-refractivity contribution in [1.82, 2.24) is 0 Å². The predicted molar refractivity (Wildman–Crippen MR) is 70.5 cm³/mol. The van der Waals surface area contributed by atoms with Gasteiger partial charge in [0.1, 0.15) is 6.10 Å². The van der Waals surface area contributed by atoms with Crippen LogP contribution in [0.3, 0.4) is 0 Å². The highest BCUT2D eigenvalue weighted by molar-refractivity contribution is 5.28. The van der Waals surface area contributed by atoms with Crippen LogP contribution in [-0.4, -0.2) is 29.2 Å². The Morgan fingerprint density at radius 3 is 2.61 bits per heavy atom. The van der Waals surface area contributed by atoms with Crippen LogP contribution in [-0.2, 0) is 9.47 Å². The summed E-state index contributed by atoms with van der Waals surface area (Å²) in [6.07, 6.45) is 2.10. The van der Waals surface area contributed by atoms with Crippen LogP contribution in [0.4, 0.5) is 0 Å². The Hall–Kier alpha value is -1.26. The predicted octanol–water partition coefficient (Wildman–Crippen LogP) is 1.86. The lowest BCUT2D eigenvalue weighted by Gasteiger charge is -2.16. The summed E-state index contributed by atoms with van der Waals surface area (Å²) < 4.78 is 11.5. The SMILES string of the molecule is C=CC(O)C#CC#CCC1OC(C)(C)OC1CC. The van der Waals surface area contributed by atoms with Gasteiger partial charge in [-0.25, -0.2) is 0 Å². The average Bonchev–Trinajstić information content (AvgIpc) is 2.63. The first-order valence-corrected chi connectivity index (χ1v) is 6.13. The third-order valence-corrected chi connectivity index (χ3v) is 2.58. The van der Waals surface area contributed by atoms with Gasteiger partial charge in [0.2, 0.25) is 0 Å². The second-order valence-electron chi connectivity index (χ2n) is 4.58. The fraction of sp³-hybridized carbons (Fsp3) is 0.600. The van der Waals surface area contributed by atoms with Crippen LogP contribution in [0.2, 0.25) is 0 Å². The van der Waals surface area contributed by atoms with Crippen LogP contribution in [0.25, 0.3) is 0 Å². The average molecular weight is 248 g/mol. The molecule has 3 atom stereocenters. The summed E-state index contributed by atoms with van der Waals surface area (Å²) in [7, 11) is 0. The largest absolute Gasteiger partial charge is 0.377 e. The first-order chi connectivity index (χ1) is 8.48. The molecule has 0 aromatic rings. The number of hydrogen-bond acceptors (Lipinski definition) is 3. The number of ether oxygens (including phenoxy) is 2. The van der Waals surface area contributed by atoms with Gasteiger partial charge in [-0.3, -0.25) is 0 Å². The van der Waals surface area contributed by atoms with Crippen molar-refractivity contribution in [3.8, 4) is 23.7 Å². The summed E-state index contributed by atoms with van der Waals surface area (Å²) in [5.41, 5.74) is 0.